The second-order valence-corrected chi connectivity index (χ2v) is 7.12. The fraction of sp³-hybridized carbons (Fsp3) is 0.368. The average Bonchev–Trinajstić information content (AvgIpc) is 3.00. The Kier molecular flexibility index (Phi) is 5.98. The number of carbonyl (C=O) groups excluding carboxylic acids is 2. The molecule has 0 spiro atoms. The van der Waals surface area contributed by atoms with Gasteiger partial charge in [-0.2, -0.15) is 18.6 Å². The molecule has 0 radical (unpaired) electrons. The lowest BCUT2D eigenvalue weighted by molar-refractivity contribution is 0.0767. The van der Waals surface area contributed by atoms with Crippen LogP contribution in [-0.4, -0.2) is 57.8 Å². The third-order valence-corrected chi connectivity index (χ3v) is 5.10. The van der Waals surface area contributed by atoms with E-state index in [1.54, 1.807) is 7.05 Å². The lowest BCUT2D eigenvalue weighted by atomic mass is 10.0. The maximum Gasteiger partial charge on any atom is 0.322 e. The number of amides is 3. The number of fused-ring (bicyclic) bond motifs is 3. The molecule has 11 heteroatoms. The molecule has 0 bridgehead atoms. The van der Waals surface area contributed by atoms with Crippen molar-refractivity contribution in [2.45, 2.75) is 25.7 Å². The molecule has 1 aromatic heterocycles. The SMILES string of the molecule is S.[C-]#[N+]c1cc(NC(=O)N2CCc3nn4c(c3C2)C(=O)N(C)C[C@H](F)C4)ccc1F. The van der Waals surface area contributed by atoms with Crippen molar-refractivity contribution >= 4 is 36.8 Å². The van der Waals surface area contributed by atoms with Gasteiger partial charge < -0.3 is 15.1 Å². The minimum atomic E-state index is -1.21. The fourth-order valence-electron chi connectivity index (χ4n) is 3.66. The summed E-state index contributed by atoms with van der Waals surface area (Å²) < 4.78 is 29.0. The van der Waals surface area contributed by atoms with Gasteiger partial charge >= 0.3 is 6.03 Å². The Hall–Kier alpha value is -3.13. The number of rotatable bonds is 1. The molecular weight excluding hydrogens is 414 g/mol. The second-order valence-electron chi connectivity index (χ2n) is 7.12. The van der Waals surface area contributed by atoms with Crippen molar-refractivity contribution in [1.82, 2.24) is 19.6 Å². The van der Waals surface area contributed by atoms with E-state index in [0.29, 0.717) is 35.6 Å². The monoisotopic (exact) mass is 434 g/mol. The first-order chi connectivity index (χ1) is 13.9. The molecule has 158 valence electrons. The summed E-state index contributed by atoms with van der Waals surface area (Å²) in [4.78, 5) is 31.3. The summed E-state index contributed by atoms with van der Waals surface area (Å²) in [5.74, 6) is -0.974. The number of hydrogen-bond donors (Lipinski definition) is 1. The van der Waals surface area contributed by atoms with E-state index >= 15 is 0 Å². The number of alkyl halides is 1. The molecule has 2 aliphatic rings. The molecular formula is C19H20F2N6O2S. The summed E-state index contributed by atoms with van der Waals surface area (Å²) in [5, 5.41) is 7.04. The molecule has 2 aromatic rings. The maximum atomic E-state index is 14.1. The number of aromatic nitrogens is 2. The Morgan fingerprint density at radius 3 is 2.87 bits per heavy atom. The molecule has 0 saturated carbocycles. The van der Waals surface area contributed by atoms with E-state index < -0.39 is 18.0 Å². The Morgan fingerprint density at radius 2 is 2.13 bits per heavy atom. The van der Waals surface area contributed by atoms with Gasteiger partial charge in [0.2, 0.25) is 5.69 Å². The number of hydrogen-bond acceptors (Lipinski definition) is 3. The molecule has 0 aliphatic carbocycles. The lowest BCUT2D eigenvalue weighted by Crippen LogP contribution is -2.39. The van der Waals surface area contributed by atoms with E-state index in [9.17, 15) is 18.4 Å². The Labute approximate surface area is 178 Å². The summed E-state index contributed by atoms with van der Waals surface area (Å²) in [6, 6.07) is 3.33. The summed E-state index contributed by atoms with van der Waals surface area (Å²) >= 11 is 0. The van der Waals surface area contributed by atoms with Crippen LogP contribution in [0.2, 0.25) is 0 Å². The first-order valence-electron chi connectivity index (χ1n) is 9.08. The van der Waals surface area contributed by atoms with Gasteiger partial charge in [-0.25, -0.2) is 18.4 Å². The molecule has 1 atom stereocenters. The van der Waals surface area contributed by atoms with E-state index in [4.69, 9.17) is 6.57 Å². The molecule has 3 heterocycles. The van der Waals surface area contributed by atoms with Crippen molar-refractivity contribution in [1.29, 1.82) is 0 Å². The average molecular weight is 434 g/mol. The topological polar surface area (TPSA) is 74.8 Å². The van der Waals surface area contributed by atoms with Crippen LogP contribution in [0.15, 0.2) is 18.2 Å². The first kappa shape index (κ1) is 21.6. The molecule has 30 heavy (non-hydrogen) atoms. The van der Waals surface area contributed by atoms with Gasteiger partial charge in [0, 0.05) is 31.3 Å². The smallest absolute Gasteiger partial charge is 0.322 e. The van der Waals surface area contributed by atoms with Gasteiger partial charge in [0.25, 0.3) is 5.91 Å². The molecule has 8 nitrogen and oxygen atoms in total. The van der Waals surface area contributed by atoms with Crippen LogP contribution >= 0.6 is 13.5 Å². The molecule has 0 saturated heterocycles. The molecule has 0 fully saturated rings. The maximum absolute atomic E-state index is 14.1. The van der Waals surface area contributed by atoms with Gasteiger partial charge in [0.05, 0.1) is 31.9 Å². The summed E-state index contributed by atoms with van der Waals surface area (Å²) in [5.41, 5.74) is 1.76. The molecule has 0 unspecified atom stereocenters. The van der Waals surface area contributed by atoms with Crippen LogP contribution < -0.4 is 5.32 Å². The highest BCUT2D eigenvalue weighted by Crippen LogP contribution is 2.27. The van der Waals surface area contributed by atoms with E-state index in [-0.39, 0.29) is 44.7 Å². The zero-order valence-corrected chi connectivity index (χ0v) is 17.2. The van der Waals surface area contributed by atoms with Crippen molar-refractivity contribution < 1.29 is 18.4 Å². The van der Waals surface area contributed by atoms with Gasteiger partial charge in [-0.1, -0.05) is 0 Å². The fourth-order valence-corrected chi connectivity index (χ4v) is 3.66. The number of nitrogens with zero attached hydrogens (tertiary/aromatic N) is 5. The van der Waals surface area contributed by atoms with Crippen LogP contribution in [0.5, 0.6) is 0 Å². The zero-order chi connectivity index (χ0) is 20.7. The third-order valence-electron chi connectivity index (χ3n) is 5.10. The highest BCUT2D eigenvalue weighted by molar-refractivity contribution is 7.59. The van der Waals surface area contributed by atoms with E-state index in [1.807, 2.05) is 0 Å². The van der Waals surface area contributed by atoms with E-state index in [2.05, 4.69) is 15.3 Å². The van der Waals surface area contributed by atoms with Crippen LogP contribution in [0.3, 0.4) is 0 Å². The van der Waals surface area contributed by atoms with Crippen LogP contribution in [0.1, 0.15) is 21.7 Å². The van der Waals surface area contributed by atoms with Crippen molar-refractivity contribution in [3.8, 4) is 0 Å². The van der Waals surface area contributed by atoms with Crippen LogP contribution in [0.4, 0.5) is 25.0 Å². The molecule has 1 aromatic carbocycles. The minimum absolute atomic E-state index is 0. The number of halogens is 2. The van der Waals surface area contributed by atoms with E-state index in [0.717, 1.165) is 6.07 Å². The lowest BCUT2D eigenvalue weighted by Gasteiger charge is -2.27. The summed E-state index contributed by atoms with van der Waals surface area (Å²) in [7, 11) is 1.54. The summed E-state index contributed by atoms with van der Waals surface area (Å²) in [6.45, 7) is 7.49. The van der Waals surface area contributed by atoms with Crippen LogP contribution in [0.25, 0.3) is 4.85 Å². The Morgan fingerprint density at radius 1 is 1.37 bits per heavy atom. The van der Waals surface area contributed by atoms with Gasteiger partial charge in [-0.15, -0.1) is 0 Å². The standard InChI is InChI=1S/C19H18F2N6O2.H2S/c1-22-16-7-12(3-4-14(16)21)23-19(29)26-6-5-15-13(10-26)17-18(28)25(2)8-11(20)9-27(17)24-15;/h3-4,7,11H,5-6,8-10H2,2H3,(H,23,29);1H2/t11-;/m0./s1. The second kappa shape index (κ2) is 8.31. The van der Waals surface area contributed by atoms with Gasteiger partial charge in [-0.3, -0.25) is 9.48 Å². The third kappa shape index (κ3) is 3.82. The van der Waals surface area contributed by atoms with Gasteiger partial charge in [-0.05, 0) is 18.2 Å². The van der Waals surface area contributed by atoms with Crippen molar-refractivity contribution in [3.63, 3.8) is 0 Å². The number of urea groups is 1. The first-order valence-corrected chi connectivity index (χ1v) is 9.08. The number of nitrogens with one attached hydrogen (secondary N) is 1. The van der Waals surface area contributed by atoms with Crippen LogP contribution in [-0.2, 0) is 19.5 Å². The zero-order valence-electron chi connectivity index (χ0n) is 16.2. The van der Waals surface area contributed by atoms with Crippen LogP contribution in [0, 0.1) is 12.4 Å². The minimum Gasteiger partial charge on any atom is -0.337 e. The van der Waals surface area contributed by atoms with Crippen molar-refractivity contribution in [3.05, 3.63) is 52.4 Å². The quantitative estimate of drug-likeness (QED) is 0.702. The van der Waals surface area contributed by atoms with Gasteiger partial charge in [0.15, 0.2) is 0 Å². The highest BCUT2D eigenvalue weighted by atomic mass is 32.1. The summed E-state index contributed by atoms with van der Waals surface area (Å²) in [6.07, 6.45) is -0.769. The predicted octanol–water partition coefficient (Wildman–Crippen LogP) is 2.70. The highest BCUT2D eigenvalue weighted by Gasteiger charge is 2.34. The number of benzene rings is 1. The van der Waals surface area contributed by atoms with E-state index in [1.165, 1.54) is 26.6 Å². The molecule has 4 rings (SSSR count). The predicted molar refractivity (Wildman–Crippen MR) is 110 cm³/mol. The van der Waals surface area contributed by atoms with Crippen molar-refractivity contribution in [2.75, 3.05) is 25.5 Å². The molecule has 3 amide bonds. The normalized spacial score (nSPS) is 17.9. The number of anilines is 1. The molecule has 1 N–H and O–H groups in total. The Balaban J connectivity index is 0.00000256. The number of carbonyl (C=O) groups is 2. The van der Waals surface area contributed by atoms with Gasteiger partial charge in [0.1, 0.15) is 17.7 Å². The van der Waals surface area contributed by atoms with Crippen molar-refractivity contribution in [2.24, 2.45) is 0 Å². The Bertz CT molecular complexity index is 1050. The molecule has 2 aliphatic heterocycles. The largest absolute Gasteiger partial charge is 0.337 e.